The van der Waals surface area contributed by atoms with Crippen molar-refractivity contribution in [3.05, 3.63) is 59.7 Å². The minimum absolute atomic E-state index is 0.0291. The molecule has 0 aliphatic carbocycles. The van der Waals surface area contributed by atoms with Gasteiger partial charge in [0, 0.05) is 37.6 Å². The van der Waals surface area contributed by atoms with Gasteiger partial charge in [0.15, 0.2) is 0 Å². The normalized spacial score (nSPS) is 11.8. The highest BCUT2D eigenvalue weighted by Crippen LogP contribution is 2.31. The number of rotatable bonds is 8. The summed E-state index contributed by atoms with van der Waals surface area (Å²) in [5, 5.41) is 7.26. The Balaban J connectivity index is 1.94. The minimum Gasteiger partial charge on any atom is -0.336 e. The van der Waals surface area contributed by atoms with E-state index in [2.05, 4.69) is 16.0 Å². The number of hydrogen-bond donors (Lipinski definition) is 3. The summed E-state index contributed by atoms with van der Waals surface area (Å²) in [5.74, 6) is 0. The molecule has 2 rings (SSSR count). The lowest BCUT2D eigenvalue weighted by atomic mass is 10.2. The fraction of sp³-hybridized carbons (Fsp3) is 0.364. The lowest BCUT2D eigenvalue weighted by Gasteiger charge is -2.25. The third kappa shape index (κ3) is 9.35. The largest absolute Gasteiger partial charge is 0.416 e. The molecular weight excluding hydrogens is 480 g/mol. The molecule has 0 atom stereocenters. The molecule has 0 unspecified atom stereocenters. The SMILES string of the molecule is CN(C)CCN(CCNC(=O)Nc1cccc(C(F)(F)F)c1)C(=O)Nc1ccc(C(F)(F)F)cc1. The van der Waals surface area contributed by atoms with E-state index >= 15 is 0 Å². The molecule has 0 aliphatic rings. The van der Waals surface area contributed by atoms with Crippen molar-refractivity contribution in [2.24, 2.45) is 0 Å². The molecule has 3 N–H and O–H groups in total. The second-order valence-electron chi connectivity index (χ2n) is 7.76. The summed E-state index contributed by atoms with van der Waals surface area (Å²) in [6.45, 7) is 0.724. The van der Waals surface area contributed by atoms with Crippen molar-refractivity contribution in [2.45, 2.75) is 12.4 Å². The molecular formula is C22H25F6N5O2. The highest BCUT2D eigenvalue weighted by Gasteiger charge is 2.31. The van der Waals surface area contributed by atoms with Crippen LogP contribution in [0.1, 0.15) is 11.1 Å². The quantitative estimate of drug-likeness (QED) is 0.445. The number of alkyl halides is 6. The Morgan fingerprint density at radius 2 is 1.40 bits per heavy atom. The van der Waals surface area contributed by atoms with Gasteiger partial charge in [-0.2, -0.15) is 26.3 Å². The van der Waals surface area contributed by atoms with Crippen molar-refractivity contribution in [1.82, 2.24) is 15.1 Å². The number of carbonyl (C=O) groups is 2. The molecule has 2 aromatic rings. The first-order valence-corrected chi connectivity index (χ1v) is 10.4. The van der Waals surface area contributed by atoms with Gasteiger partial charge < -0.3 is 25.8 Å². The number of halogens is 6. The van der Waals surface area contributed by atoms with Crippen LogP contribution in [0.15, 0.2) is 48.5 Å². The zero-order chi connectivity index (χ0) is 26.2. The van der Waals surface area contributed by atoms with E-state index in [4.69, 9.17) is 0 Å². The smallest absolute Gasteiger partial charge is 0.336 e. The average Bonchev–Trinajstić information content (AvgIpc) is 2.75. The molecule has 0 aromatic heterocycles. The van der Waals surface area contributed by atoms with E-state index in [9.17, 15) is 35.9 Å². The molecule has 192 valence electrons. The molecule has 0 radical (unpaired) electrons. The summed E-state index contributed by atoms with van der Waals surface area (Å²) < 4.78 is 76.5. The van der Waals surface area contributed by atoms with Gasteiger partial charge in [0.2, 0.25) is 0 Å². The number of carbonyl (C=O) groups excluding carboxylic acids is 2. The van der Waals surface area contributed by atoms with Crippen molar-refractivity contribution >= 4 is 23.4 Å². The standard InChI is InChI=1S/C22H25F6N5O2/c1-32(2)12-13-33(20(35)31-17-8-6-15(7-9-17)21(23,24)25)11-10-29-19(34)30-18-5-3-4-16(14-18)22(26,27)28/h3-9,14H,10-13H2,1-2H3,(H,31,35)(H2,29,30,34). The minimum atomic E-state index is -4.55. The maximum Gasteiger partial charge on any atom is 0.416 e. The Hall–Kier alpha value is -3.48. The summed E-state index contributed by atoms with van der Waals surface area (Å²) in [7, 11) is 3.57. The Bertz CT molecular complexity index is 993. The van der Waals surface area contributed by atoms with Gasteiger partial charge in [-0.3, -0.25) is 0 Å². The first kappa shape index (κ1) is 27.8. The van der Waals surface area contributed by atoms with Crippen LogP contribution in [0, 0.1) is 0 Å². The van der Waals surface area contributed by atoms with Crippen molar-refractivity contribution in [2.75, 3.05) is 50.9 Å². The number of nitrogens with one attached hydrogen (secondary N) is 3. The highest BCUT2D eigenvalue weighted by molar-refractivity contribution is 5.90. The Kier molecular flexibility index (Phi) is 9.34. The van der Waals surface area contributed by atoms with E-state index in [-0.39, 0.29) is 31.0 Å². The second-order valence-corrected chi connectivity index (χ2v) is 7.76. The number of likely N-dealkylation sites (N-methyl/N-ethyl adjacent to an activating group) is 1. The molecule has 0 aliphatic heterocycles. The van der Waals surface area contributed by atoms with Crippen LogP contribution in [0.2, 0.25) is 0 Å². The van der Waals surface area contributed by atoms with E-state index in [0.29, 0.717) is 6.54 Å². The molecule has 4 amide bonds. The topological polar surface area (TPSA) is 76.7 Å². The molecule has 2 aromatic carbocycles. The predicted octanol–water partition coefficient (Wildman–Crippen LogP) is 4.94. The highest BCUT2D eigenvalue weighted by atomic mass is 19.4. The Morgan fingerprint density at radius 3 is 1.97 bits per heavy atom. The van der Waals surface area contributed by atoms with E-state index in [1.54, 1.807) is 14.1 Å². The van der Waals surface area contributed by atoms with Gasteiger partial charge in [-0.15, -0.1) is 0 Å². The first-order valence-electron chi connectivity index (χ1n) is 10.4. The summed E-state index contributed by atoms with van der Waals surface area (Å²) in [4.78, 5) is 27.9. The molecule has 0 heterocycles. The summed E-state index contributed by atoms with van der Waals surface area (Å²) in [6, 6.07) is 6.73. The third-order valence-electron chi connectivity index (χ3n) is 4.68. The molecule has 0 saturated carbocycles. The zero-order valence-corrected chi connectivity index (χ0v) is 18.9. The van der Waals surface area contributed by atoms with Gasteiger partial charge in [0.1, 0.15) is 0 Å². The van der Waals surface area contributed by atoms with Crippen LogP contribution in [-0.4, -0.2) is 62.1 Å². The van der Waals surface area contributed by atoms with Crippen molar-refractivity contribution < 1.29 is 35.9 Å². The fourth-order valence-corrected chi connectivity index (χ4v) is 2.83. The van der Waals surface area contributed by atoms with Crippen LogP contribution in [0.3, 0.4) is 0 Å². The monoisotopic (exact) mass is 505 g/mol. The van der Waals surface area contributed by atoms with Crippen LogP contribution >= 0.6 is 0 Å². The maximum absolute atomic E-state index is 12.8. The van der Waals surface area contributed by atoms with E-state index in [1.807, 2.05) is 4.90 Å². The van der Waals surface area contributed by atoms with Crippen molar-refractivity contribution in [3.8, 4) is 0 Å². The van der Waals surface area contributed by atoms with Crippen molar-refractivity contribution in [1.29, 1.82) is 0 Å². The first-order chi connectivity index (χ1) is 16.3. The van der Waals surface area contributed by atoms with Crippen LogP contribution in [0.5, 0.6) is 0 Å². The van der Waals surface area contributed by atoms with Gasteiger partial charge in [-0.1, -0.05) is 6.07 Å². The van der Waals surface area contributed by atoms with E-state index in [1.165, 1.54) is 11.0 Å². The van der Waals surface area contributed by atoms with Crippen LogP contribution in [0.25, 0.3) is 0 Å². The summed E-state index contributed by atoms with van der Waals surface area (Å²) in [6.07, 6.45) is -9.05. The van der Waals surface area contributed by atoms with Crippen LogP contribution in [0.4, 0.5) is 47.3 Å². The van der Waals surface area contributed by atoms with Gasteiger partial charge >= 0.3 is 24.4 Å². The summed E-state index contributed by atoms with van der Waals surface area (Å²) >= 11 is 0. The Labute approximate surface area is 198 Å². The third-order valence-corrected chi connectivity index (χ3v) is 4.68. The molecule has 13 heteroatoms. The van der Waals surface area contributed by atoms with E-state index in [0.717, 1.165) is 42.5 Å². The molecule has 0 bridgehead atoms. The number of urea groups is 2. The molecule has 0 spiro atoms. The lowest BCUT2D eigenvalue weighted by Crippen LogP contribution is -2.44. The van der Waals surface area contributed by atoms with Gasteiger partial charge in [0.05, 0.1) is 11.1 Å². The van der Waals surface area contributed by atoms with Gasteiger partial charge in [-0.05, 0) is 56.6 Å². The van der Waals surface area contributed by atoms with E-state index < -0.39 is 35.5 Å². The maximum atomic E-state index is 12.8. The number of benzene rings is 2. The molecule has 35 heavy (non-hydrogen) atoms. The van der Waals surface area contributed by atoms with Gasteiger partial charge in [-0.25, -0.2) is 9.59 Å². The van der Waals surface area contributed by atoms with Gasteiger partial charge in [0.25, 0.3) is 0 Å². The Morgan fingerprint density at radius 1 is 0.771 bits per heavy atom. The summed E-state index contributed by atoms with van der Waals surface area (Å²) in [5.41, 5.74) is -1.66. The fourth-order valence-electron chi connectivity index (χ4n) is 2.83. The predicted molar refractivity (Wildman–Crippen MR) is 119 cm³/mol. The molecule has 7 nitrogen and oxygen atoms in total. The number of amides is 4. The zero-order valence-electron chi connectivity index (χ0n) is 18.9. The number of hydrogen-bond acceptors (Lipinski definition) is 3. The second kappa shape index (κ2) is 11.8. The number of nitrogens with zero attached hydrogens (tertiary/aromatic N) is 2. The van der Waals surface area contributed by atoms with Crippen LogP contribution < -0.4 is 16.0 Å². The van der Waals surface area contributed by atoms with Crippen LogP contribution in [-0.2, 0) is 12.4 Å². The molecule has 0 saturated heterocycles. The lowest BCUT2D eigenvalue weighted by molar-refractivity contribution is -0.138. The molecule has 0 fully saturated rings. The average molecular weight is 505 g/mol. The van der Waals surface area contributed by atoms with Crippen molar-refractivity contribution in [3.63, 3.8) is 0 Å². The number of anilines is 2.